The summed E-state index contributed by atoms with van der Waals surface area (Å²) in [4.78, 5) is 13.1. The molecule has 0 unspecified atom stereocenters. The molecule has 0 aliphatic heterocycles. The van der Waals surface area contributed by atoms with Crippen LogP contribution in [-0.2, 0) is 6.54 Å². The fourth-order valence-electron chi connectivity index (χ4n) is 2.14. The zero-order chi connectivity index (χ0) is 15.5. The van der Waals surface area contributed by atoms with Crippen LogP contribution in [0.3, 0.4) is 0 Å². The Morgan fingerprint density at radius 1 is 1.30 bits per heavy atom. The Balaban J connectivity index is 3.07. The molecule has 1 heterocycles. The number of halogens is 3. The Morgan fingerprint density at radius 3 is 2.35 bits per heavy atom. The monoisotopic (exact) mass is 291 g/mol. The molecule has 1 aromatic rings. The number of alkyl halides is 3. The molecule has 0 atom stereocenters. The standard InChI is InChI=1S/C13H20F3N3O/c1-5-7-19-10(4)11(9(3)17-19)12(20)18(6-2)8-13(14,15)16/h5-8H2,1-4H3. The van der Waals surface area contributed by atoms with Gasteiger partial charge in [-0.25, -0.2) is 0 Å². The Labute approximate surface area is 116 Å². The maximum Gasteiger partial charge on any atom is 0.406 e. The normalized spacial score (nSPS) is 11.8. The lowest BCUT2D eigenvalue weighted by Crippen LogP contribution is -2.39. The van der Waals surface area contributed by atoms with Gasteiger partial charge in [0.05, 0.1) is 11.3 Å². The van der Waals surface area contributed by atoms with Crippen molar-refractivity contribution in [1.29, 1.82) is 0 Å². The largest absolute Gasteiger partial charge is 0.406 e. The first-order chi connectivity index (χ1) is 9.21. The summed E-state index contributed by atoms with van der Waals surface area (Å²) in [6.45, 7) is 6.28. The third-order valence-corrected chi connectivity index (χ3v) is 3.07. The number of amides is 1. The van der Waals surface area contributed by atoms with Crippen molar-refractivity contribution in [2.75, 3.05) is 13.1 Å². The maximum absolute atomic E-state index is 12.5. The van der Waals surface area contributed by atoms with E-state index in [2.05, 4.69) is 5.10 Å². The van der Waals surface area contributed by atoms with Crippen molar-refractivity contribution in [1.82, 2.24) is 14.7 Å². The van der Waals surface area contributed by atoms with Gasteiger partial charge in [-0.05, 0) is 27.2 Å². The Hall–Kier alpha value is -1.53. The van der Waals surface area contributed by atoms with Gasteiger partial charge in [-0.3, -0.25) is 9.48 Å². The summed E-state index contributed by atoms with van der Waals surface area (Å²) in [7, 11) is 0. The molecule has 1 aromatic heterocycles. The fourth-order valence-corrected chi connectivity index (χ4v) is 2.14. The van der Waals surface area contributed by atoms with Crippen LogP contribution in [-0.4, -0.2) is 39.9 Å². The summed E-state index contributed by atoms with van der Waals surface area (Å²) in [6, 6.07) is 0. The molecule has 0 radical (unpaired) electrons. The van der Waals surface area contributed by atoms with Gasteiger partial charge in [-0.1, -0.05) is 6.92 Å². The number of nitrogens with zero attached hydrogens (tertiary/aromatic N) is 3. The number of hydrogen-bond acceptors (Lipinski definition) is 2. The fraction of sp³-hybridized carbons (Fsp3) is 0.692. The van der Waals surface area contributed by atoms with Gasteiger partial charge >= 0.3 is 6.18 Å². The van der Waals surface area contributed by atoms with Crippen LogP contribution >= 0.6 is 0 Å². The van der Waals surface area contributed by atoms with Gasteiger partial charge < -0.3 is 4.90 Å². The highest BCUT2D eigenvalue weighted by Gasteiger charge is 2.34. The topological polar surface area (TPSA) is 38.1 Å². The van der Waals surface area contributed by atoms with Crippen molar-refractivity contribution in [3.8, 4) is 0 Å². The van der Waals surface area contributed by atoms with Crippen LogP contribution < -0.4 is 0 Å². The van der Waals surface area contributed by atoms with E-state index >= 15 is 0 Å². The molecule has 0 spiro atoms. The van der Waals surface area contributed by atoms with E-state index in [0.29, 0.717) is 17.9 Å². The number of hydrogen-bond donors (Lipinski definition) is 0. The summed E-state index contributed by atoms with van der Waals surface area (Å²) in [5, 5.41) is 4.22. The SMILES string of the molecule is CCCn1nc(C)c(C(=O)N(CC)CC(F)(F)F)c1C. The average Bonchev–Trinajstić information content (AvgIpc) is 2.60. The first-order valence-electron chi connectivity index (χ1n) is 6.61. The summed E-state index contributed by atoms with van der Waals surface area (Å²) >= 11 is 0. The van der Waals surface area contributed by atoms with Gasteiger partial charge in [0.25, 0.3) is 5.91 Å². The molecule has 0 saturated heterocycles. The summed E-state index contributed by atoms with van der Waals surface area (Å²) in [5.74, 6) is -0.609. The lowest BCUT2D eigenvalue weighted by atomic mass is 10.1. The van der Waals surface area contributed by atoms with Crippen molar-refractivity contribution in [3.05, 3.63) is 17.0 Å². The summed E-state index contributed by atoms with van der Waals surface area (Å²) in [6.07, 6.45) is -3.55. The van der Waals surface area contributed by atoms with Crippen molar-refractivity contribution in [2.45, 2.75) is 46.8 Å². The molecule has 0 bridgehead atoms. The van der Waals surface area contributed by atoms with Crippen LogP contribution in [0.5, 0.6) is 0 Å². The van der Waals surface area contributed by atoms with Gasteiger partial charge in [-0.2, -0.15) is 18.3 Å². The minimum Gasteiger partial charge on any atom is -0.330 e. The lowest BCUT2D eigenvalue weighted by molar-refractivity contribution is -0.140. The van der Waals surface area contributed by atoms with Crippen LogP contribution in [0, 0.1) is 13.8 Å². The molecule has 20 heavy (non-hydrogen) atoms. The molecule has 114 valence electrons. The number of carbonyl (C=O) groups is 1. The van der Waals surface area contributed by atoms with Gasteiger partial charge in [0, 0.05) is 18.8 Å². The Bertz CT molecular complexity index is 480. The molecule has 0 aliphatic rings. The second-order valence-corrected chi connectivity index (χ2v) is 4.70. The van der Waals surface area contributed by atoms with Crippen LogP contribution in [0.1, 0.15) is 42.0 Å². The summed E-state index contributed by atoms with van der Waals surface area (Å²) < 4.78 is 39.1. The predicted octanol–water partition coefficient (Wildman–Crippen LogP) is 2.93. The van der Waals surface area contributed by atoms with Crippen LogP contribution in [0.2, 0.25) is 0 Å². The highest BCUT2D eigenvalue weighted by molar-refractivity contribution is 5.96. The smallest absolute Gasteiger partial charge is 0.330 e. The Morgan fingerprint density at radius 2 is 1.90 bits per heavy atom. The number of aryl methyl sites for hydroxylation is 2. The molecule has 0 aromatic carbocycles. The van der Waals surface area contributed by atoms with E-state index in [0.717, 1.165) is 11.3 Å². The van der Waals surface area contributed by atoms with Crippen LogP contribution in [0.15, 0.2) is 0 Å². The molecular weight excluding hydrogens is 271 g/mol. The van der Waals surface area contributed by atoms with E-state index in [4.69, 9.17) is 0 Å². The highest BCUT2D eigenvalue weighted by atomic mass is 19.4. The summed E-state index contributed by atoms with van der Waals surface area (Å²) in [5.41, 5.74) is 1.38. The van der Waals surface area contributed by atoms with Gasteiger partial charge in [0.1, 0.15) is 6.54 Å². The van der Waals surface area contributed by atoms with Gasteiger partial charge in [-0.15, -0.1) is 0 Å². The lowest BCUT2D eigenvalue weighted by Gasteiger charge is -2.22. The van der Waals surface area contributed by atoms with E-state index in [1.165, 1.54) is 6.92 Å². The molecule has 0 aliphatic carbocycles. The van der Waals surface area contributed by atoms with Crippen LogP contribution in [0.4, 0.5) is 13.2 Å². The Kier molecular flexibility index (Phi) is 5.19. The van der Waals surface area contributed by atoms with Crippen molar-refractivity contribution in [2.24, 2.45) is 0 Å². The van der Waals surface area contributed by atoms with Crippen molar-refractivity contribution < 1.29 is 18.0 Å². The molecule has 0 N–H and O–H groups in total. The molecule has 1 amide bonds. The van der Waals surface area contributed by atoms with E-state index in [1.54, 1.807) is 18.5 Å². The second-order valence-electron chi connectivity index (χ2n) is 4.70. The number of rotatable bonds is 5. The van der Waals surface area contributed by atoms with Crippen LogP contribution in [0.25, 0.3) is 0 Å². The minimum absolute atomic E-state index is 0.0101. The molecule has 4 nitrogen and oxygen atoms in total. The molecule has 0 fully saturated rings. The van der Waals surface area contributed by atoms with E-state index < -0.39 is 18.6 Å². The number of carbonyl (C=O) groups excluding carboxylic acids is 1. The first-order valence-corrected chi connectivity index (χ1v) is 6.61. The number of aromatic nitrogens is 2. The highest BCUT2D eigenvalue weighted by Crippen LogP contribution is 2.21. The maximum atomic E-state index is 12.5. The van der Waals surface area contributed by atoms with Gasteiger partial charge in [0.2, 0.25) is 0 Å². The molecule has 0 saturated carbocycles. The third kappa shape index (κ3) is 3.74. The van der Waals surface area contributed by atoms with E-state index in [1.807, 2.05) is 6.92 Å². The first kappa shape index (κ1) is 16.5. The quantitative estimate of drug-likeness (QED) is 0.836. The third-order valence-electron chi connectivity index (χ3n) is 3.07. The molecular formula is C13H20F3N3O. The average molecular weight is 291 g/mol. The zero-order valence-electron chi connectivity index (χ0n) is 12.2. The molecule has 7 heteroatoms. The second kappa shape index (κ2) is 6.28. The van der Waals surface area contributed by atoms with Gasteiger partial charge in [0.15, 0.2) is 0 Å². The zero-order valence-corrected chi connectivity index (χ0v) is 12.2. The van der Waals surface area contributed by atoms with E-state index in [9.17, 15) is 18.0 Å². The predicted molar refractivity (Wildman–Crippen MR) is 69.6 cm³/mol. The minimum atomic E-state index is -4.40. The van der Waals surface area contributed by atoms with Crippen molar-refractivity contribution in [3.63, 3.8) is 0 Å². The molecule has 1 rings (SSSR count). The van der Waals surface area contributed by atoms with E-state index in [-0.39, 0.29) is 12.1 Å². The van der Waals surface area contributed by atoms with Crippen molar-refractivity contribution >= 4 is 5.91 Å².